The highest BCUT2D eigenvalue weighted by Crippen LogP contribution is 2.21. The van der Waals surface area contributed by atoms with Crippen LogP contribution in [0, 0.1) is 11.3 Å². The Labute approximate surface area is 85.9 Å². The molecule has 0 spiro atoms. The number of Topliss-reactive ketones (excluding diaryl/α,β-unsaturated/α-hetero) is 1. The second-order valence-corrected chi connectivity index (χ2v) is 3.12. The summed E-state index contributed by atoms with van der Waals surface area (Å²) in [5, 5.41) is 8.81. The fourth-order valence-electron chi connectivity index (χ4n) is 1.04. The van der Waals surface area contributed by atoms with E-state index in [9.17, 15) is 9.59 Å². The SMILES string of the molecule is CC(=O)c1cc(Cl)c(C#N)c(C=O)c1. The number of benzene rings is 1. The average molecular weight is 208 g/mol. The number of nitrogens with zero attached hydrogens (tertiary/aromatic N) is 1. The summed E-state index contributed by atoms with van der Waals surface area (Å²) < 4.78 is 0. The van der Waals surface area contributed by atoms with Crippen LogP contribution in [-0.4, -0.2) is 12.1 Å². The van der Waals surface area contributed by atoms with Gasteiger partial charge in [-0.15, -0.1) is 0 Å². The van der Waals surface area contributed by atoms with Crippen molar-refractivity contribution in [3.63, 3.8) is 0 Å². The third-order valence-corrected chi connectivity index (χ3v) is 2.06. The second-order valence-electron chi connectivity index (χ2n) is 2.71. The molecule has 0 bridgehead atoms. The molecule has 0 aliphatic rings. The Kier molecular flexibility index (Phi) is 3.00. The van der Waals surface area contributed by atoms with Crippen LogP contribution in [0.15, 0.2) is 12.1 Å². The van der Waals surface area contributed by atoms with E-state index in [1.54, 1.807) is 6.07 Å². The lowest BCUT2D eigenvalue weighted by Crippen LogP contribution is -1.97. The number of hydrogen-bond donors (Lipinski definition) is 0. The molecule has 0 saturated carbocycles. The first kappa shape index (κ1) is 10.4. The van der Waals surface area contributed by atoms with E-state index in [4.69, 9.17) is 16.9 Å². The highest BCUT2D eigenvalue weighted by molar-refractivity contribution is 6.32. The number of aldehydes is 1. The second kappa shape index (κ2) is 4.03. The smallest absolute Gasteiger partial charge is 0.159 e. The molecule has 1 rings (SSSR count). The van der Waals surface area contributed by atoms with Gasteiger partial charge in [0.15, 0.2) is 12.1 Å². The third-order valence-electron chi connectivity index (χ3n) is 1.77. The number of nitriles is 1. The lowest BCUT2D eigenvalue weighted by molar-refractivity contribution is 0.101. The first-order chi connectivity index (χ1) is 6.60. The topological polar surface area (TPSA) is 57.9 Å². The minimum Gasteiger partial charge on any atom is -0.298 e. The Morgan fingerprint density at radius 3 is 2.64 bits per heavy atom. The van der Waals surface area contributed by atoms with Gasteiger partial charge < -0.3 is 0 Å². The maximum Gasteiger partial charge on any atom is 0.159 e. The standard InChI is InChI=1S/C10H6ClNO2/c1-6(14)7-2-8(5-13)9(4-12)10(11)3-7/h2-3,5H,1H3. The average Bonchev–Trinajstić information content (AvgIpc) is 2.16. The van der Waals surface area contributed by atoms with E-state index in [1.807, 2.05) is 0 Å². The number of carbonyl (C=O) groups excluding carboxylic acids is 2. The molecule has 0 saturated heterocycles. The van der Waals surface area contributed by atoms with E-state index in [2.05, 4.69) is 0 Å². The van der Waals surface area contributed by atoms with Crippen molar-refractivity contribution in [3.8, 4) is 6.07 Å². The maximum absolute atomic E-state index is 11.0. The largest absolute Gasteiger partial charge is 0.298 e. The predicted octanol–water partition coefficient (Wildman–Crippen LogP) is 2.23. The molecule has 4 heteroatoms. The van der Waals surface area contributed by atoms with Gasteiger partial charge in [-0.3, -0.25) is 9.59 Å². The van der Waals surface area contributed by atoms with Crippen LogP contribution in [0.3, 0.4) is 0 Å². The molecule has 0 atom stereocenters. The van der Waals surface area contributed by atoms with Crippen molar-refractivity contribution in [2.24, 2.45) is 0 Å². The maximum atomic E-state index is 11.0. The predicted molar refractivity (Wildman–Crippen MR) is 51.6 cm³/mol. The molecule has 0 heterocycles. The van der Waals surface area contributed by atoms with E-state index in [0.717, 1.165) is 0 Å². The Bertz CT molecular complexity index is 446. The fourth-order valence-corrected chi connectivity index (χ4v) is 1.31. The molecule has 0 aromatic heterocycles. The zero-order valence-electron chi connectivity index (χ0n) is 7.37. The molecule has 0 unspecified atom stereocenters. The first-order valence-electron chi connectivity index (χ1n) is 3.80. The van der Waals surface area contributed by atoms with Gasteiger partial charge in [-0.05, 0) is 19.1 Å². The van der Waals surface area contributed by atoms with Crippen molar-refractivity contribution in [2.75, 3.05) is 0 Å². The van der Waals surface area contributed by atoms with Crippen LogP contribution in [-0.2, 0) is 0 Å². The van der Waals surface area contributed by atoms with Crippen molar-refractivity contribution < 1.29 is 9.59 Å². The number of ketones is 1. The number of halogens is 1. The van der Waals surface area contributed by atoms with Crippen molar-refractivity contribution in [1.29, 1.82) is 5.26 Å². The van der Waals surface area contributed by atoms with Crippen LogP contribution in [0.4, 0.5) is 0 Å². The summed E-state index contributed by atoms with van der Waals surface area (Å²) in [5.74, 6) is -0.195. The number of carbonyl (C=O) groups is 2. The molecule has 0 fully saturated rings. The summed E-state index contributed by atoms with van der Waals surface area (Å²) in [7, 11) is 0. The Hall–Kier alpha value is -1.66. The minimum atomic E-state index is -0.195. The highest BCUT2D eigenvalue weighted by atomic mass is 35.5. The molecule has 3 nitrogen and oxygen atoms in total. The summed E-state index contributed by atoms with van der Waals surface area (Å²) in [6.45, 7) is 1.37. The Morgan fingerprint density at radius 1 is 1.57 bits per heavy atom. The van der Waals surface area contributed by atoms with Crippen LogP contribution in [0.2, 0.25) is 5.02 Å². The van der Waals surface area contributed by atoms with E-state index < -0.39 is 0 Å². The Morgan fingerprint density at radius 2 is 2.21 bits per heavy atom. The molecule has 1 aromatic carbocycles. The van der Waals surface area contributed by atoms with Gasteiger partial charge in [-0.25, -0.2) is 0 Å². The minimum absolute atomic E-state index is 0.103. The summed E-state index contributed by atoms with van der Waals surface area (Å²) in [6, 6.07) is 4.55. The van der Waals surface area contributed by atoms with Gasteiger partial charge >= 0.3 is 0 Å². The van der Waals surface area contributed by atoms with Gasteiger partial charge in [0, 0.05) is 11.1 Å². The fraction of sp³-hybridized carbons (Fsp3) is 0.100. The first-order valence-corrected chi connectivity index (χ1v) is 4.17. The van der Waals surface area contributed by atoms with E-state index in [-0.39, 0.29) is 21.9 Å². The summed E-state index contributed by atoms with van der Waals surface area (Å²) >= 11 is 5.72. The lowest BCUT2D eigenvalue weighted by Gasteiger charge is -2.01. The monoisotopic (exact) mass is 207 g/mol. The van der Waals surface area contributed by atoms with Gasteiger partial charge in [-0.2, -0.15) is 5.26 Å². The normalized spacial score (nSPS) is 9.21. The molecule has 70 valence electrons. The summed E-state index contributed by atoms with van der Waals surface area (Å²) in [4.78, 5) is 21.6. The van der Waals surface area contributed by atoms with Gasteiger partial charge in [-0.1, -0.05) is 11.6 Å². The molecule has 14 heavy (non-hydrogen) atoms. The summed E-state index contributed by atoms with van der Waals surface area (Å²) in [5.41, 5.74) is 0.577. The molecular weight excluding hydrogens is 202 g/mol. The van der Waals surface area contributed by atoms with Crippen LogP contribution in [0.5, 0.6) is 0 Å². The van der Waals surface area contributed by atoms with E-state index >= 15 is 0 Å². The van der Waals surface area contributed by atoms with E-state index in [1.165, 1.54) is 19.1 Å². The third kappa shape index (κ3) is 1.81. The molecule has 0 aliphatic heterocycles. The number of hydrogen-bond acceptors (Lipinski definition) is 3. The van der Waals surface area contributed by atoms with Crippen molar-refractivity contribution in [1.82, 2.24) is 0 Å². The van der Waals surface area contributed by atoms with Crippen molar-refractivity contribution in [3.05, 3.63) is 33.8 Å². The number of rotatable bonds is 2. The van der Waals surface area contributed by atoms with E-state index in [0.29, 0.717) is 11.8 Å². The van der Waals surface area contributed by atoms with Gasteiger partial charge in [0.25, 0.3) is 0 Å². The lowest BCUT2D eigenvalue weighted by atomic mass is 10.0. The molecule has 0 aliphatic carbocycles. The van der Waals surface area contributed by atoms with Crippen LogP contribution in [0.25, 0.3) is 0 Å². The quantitative estimate of drug-likeness (QED) is 0.552. The van der Waals surface area contributed by atoms with Crippen molar-refractivity contribution in [2.45, 2.75) is 6.92 Å². The van der Waals surface area contributed by atoms with Crippen LogP contribution in [0.1, 0.15) is 33.2 Å². The zero-order valence-corrected chi connectivity index (χ0v) is 8.13. The summed E-state index contributed by atoms with van der Waals surface area (Å²) in [6.07, 6.45) is 0.511. The highest BCUT2D eigenvalue weighted by Gasteiger charge is 2.10. The molecule has 1 aromatic rings. The molecular formula is C10H6ClNO2. The Balaban J connectivity index is 3.48. The van der Waals surface area contributed by atoms with Gasteiger partial charge in [0.1, 0.15) is 6.07 Å². The van der Waals surface area contributed by atoms with Crippen molar-refractivity contribution >= 4 is 23.7 Å². The molecule has 0 N–H and O–H groups in total. The van der Waals surface area contributed by atoms with Gasteiger partial charge in [0.05, 0.1) is 10.6 Å². The molecule has 0 amide bonds. The zero-order chi connectivity index (χ0) is 10.7. The van der Waals surface area contributed by atoms with Gasteiger partial charge in [0.2, 0.25) is 0 Å². The van der Waals surface area contributed by atoms with Crippen LogP contribution >= 0.6 is 11.6 Å². The van der Waals surface area contributed by atoms with Crippen LogP contribution < -0.4 is 0 Å². The molecule has 0 radical (unpaired) electrons.